The Morgan fingerprint density at radius 1 is 1.28 bits per heavy atom. The van der Waals surface area contributed by atoms with Crippen molar-refractivity contribution in [3.05, 3.63) is 22.5 Å². The van der Waals surface area contributed by atoms with Crippen LogP contribution in [0.1, 0.15) is 57.2 Å². The molecular weight excluding hydrogens is 336 g/mol. The molecule has 140 valence electrons. The van der Waals surface area contributed by atoms with Crippen molar-refractivity contribution < 1.29 is 4.79 Å². The lowest BCUT2D eigenvalue weighted by molar-refractivity contribution is -0.117. The second-order valence-electron chi connectivity index (χ2n) is 6.82. The topological polar surface area (TPSA) is 50.2 Å². The zero-order valence-electron chi connectivity index (χ0n) is 15.7. The van der Waals surface area contributed by atoms with E-state index in [1.807, 2.05) is 11.6 Å². The number of amides is 1. The first-order valence-electron chi connectivity index (χ1n) is 9.49. The van der Waals surface area contributed by atoms with Crippen molar-refractivity contribution in [3.63, 3.8) is 0 Å². The number of hydrogen-bond donors (Lipinski definition) is 1. The lowest BCUT2D eigenvalue weighted by Gasteiger charge is -2.31. The molecule has 0 bridgehead atoms. The van der Waals surface area contributed by atoms with E-state index in [-0.39, 0.29) is 11.9 Å². The number of carbonyl (C=O) groups excluding carboxylic acids is 1. The summed E-state index contributed by atoms with van der Waals surface area (Å²) < 4.78 is 1.82. The number of rotatable bonds is 8. The predicted molar refractivity (Wildman–Crippen MR) is 104 cm³/mol. The maximum atomic E-state index is 12.2. The average Bonchev–Trinajstić information content (AvgIpc) is 2.86. The lowest BCUT2D eigenvalue weighted by Crippen LogP contribution is -2.44. The number of piperidine rings is 1. The molecule has 1 amide bonds. The maximum Gasteiger partial charge on any atom is 0.244 e. The Morgan fingerprint density at radius 2 is 2.00 bits per heavy atom. The molecule has 0 saturated carbocycles. The Morgan fingerprint density at radius 3 is 2.64 bits per heavy atom. The lowest BCUT2D eigenvalue weighted by atomic mass is 10.0. The molecule has 2 rings (SSSR count). The van der Waals surface area contributed by atoms with Crippen molar-refractivity contribution in [3.8, 4) is 0 Å². The van der Waals surface area contributed by atoms with Gasteiger partial charge in [-0.05, 0) is 45.2 Å². The van der Waals surface area contributed by atoms with E-state index in [4.69, 9.17) is 11.6 Å². The average molecular weight is 367 g/mol. The van der Waals surface area contributed by atoms with Crippen molar-refractivity contribution >= 4 is 23.6 Å². The van der Waals surface area contributed by atoms with Crippen molar-refractivity contribution in [2.24, 2.45) is 0 Å². The summed E-state index contributed by atoms with van der Waals surface area (Å²) in [6.45, 7) is 10.4. The zero-order valence-corrected chi connectivity index (χ0v) is 16.5. The first-order valence-corrected chi connectivity index (χ1v) is 9.86. The molecule has 0 radical (unpaired) electrons. The number of carbonyl (C=O) groups is 1. The fourth-order valence-electron chi connectivity index (χ4n) is 3.24. The van der Waals surface area contributed by atoms with Gasteiger partial charge in [0, 0.05) is 37.3 Å². The van der Waals surface area contributed by atoms with Crippen LogP contribution >= 0.6 is 11.6 Å². The number of aryl methyl sites for hydroxylation is 2. The van der Waals surface area contributed by atoms with Crippen molar-refractivity contribution in [1.82, 2.24) is 20.0 Å². The van der Waals surface area contributed by atoms with Gasteiger partial charge in [0.1, 0.15) is 5.15 Å². The molecule has 1 saturated heterocycles. The summed E-state index contributed by atoms with van der Waals surface area (Å²) in [6.07, 6.45) is 8.74. The van der Waals surface area contributed by atoms with Crippen LogP contribution in [0.15, 0.2) is 6.08 Å². The third kappa shape index (κ3) is 5.86. The molecule has 1 aliphatic heterocycles. The highest BCUT2D eigenvalue weighted by molar-refractivity contribution is 6.31. The summed E-state index contributed by atoms with van der Waals surface area (Å²) in [5.74, 6) is -0.0503. The van der Waals surface area contributed by atoms with Gasteiger partial charge >= 0.3 is 0 Å². The van der Waals surface area contributed by atoms with Gasteiger partial charge in [0.2, 0.25) is 5.91 Å². The Bertz CT molecular complexity index is 588. The SMILES string of the molecule is CCCCn1nc(C)c(/C=C/C(=O)NC2CCN(CCC)CC2)c1Cl. The standard InChI is InChI=1S/C19H31ClN4O/c1-4-6-12-24-19(20)17(15(3)22-24)7-8-18(25)21-16-9-13-23(11-5-2)14-10-16/h7-8,16H,4-6,9-14H2,1-3H3,(H,21,25)/b8-7+. The highest BCUT2D eigenvalue weighted by Crippen LogP contribution is 2.21. The summed E-state index contributed by atoms with van der Waals surface area (Å²) in [5.41, 5.74) is 1.70. The van der Waals surface area contributed by atoms with Crippen LogP contribution in [0.25, 0.3) is 6.08 Å². The Hall–Kier alpha value is -1.33. The van der Waals surface area contributed by atoms with E-state index in [0.717, 1.165) is 63.1 Å². The molecule has 5 nitrogen and oxygen atoms in total. The first kappa shape index (κ1) is 20.0. The van der Waals surface area contributed by atoms with Crippen molar-refractivity contribution in [2.45, 2.75) is 65.5 Å². The van der Waals surface area contributed by atoms with Gasteiger partial charge in [-0.2, -0.15) is 5.10 Å². The number of aromatic nitrogens is 2. The number of hydrogen-bond acceptors (Lipinski definition) is 3. The normalized spacial score (nSPS) is 16.6. The van der Waals surface area contributed by atoms with Crippen LogP contribution in [-0.2, 0) is 11.3 Å². The molecule has 0 unspecified atom stereocenters. The van der Waals surface area contributed by atoms with E-state index in [0.29, 0.717) is 5.15 Å². The van der Waals surface area contributed by atoms with Gasteiger partial charge in [-0.1, -0.05) is 31.9 Å². The Kier molecular flexibility index (Phi) is 7.97. The van der Waals surface area contributed by atoms with Crippen LogP contribution in [0.4, 0.5) is 0 Å². The quantitative estimate of drug-likeness (QED) is 0.714. The van der Waals surface area contributed by atoms with Gasteiger partial charge in [0.05, 0.1) is 5.69 Å². The van der Waals surface area contributed by atoms with Gasteiger partial charge in [-0.15, -0.1) is 0 Å². The monoisotopic (exact) mass is 366 g/mol. The number of nitrogens with one attached hydrogen (secondary N) is 1. The smallest absolute Gasteiger partial charge is 0.244 e. The fraction of sp³-hybridized carbons (Fsp3) is 0.684. The van der Waals surface area contributed by atoms with Crippen LogP contribution in [-0.4, -0.2) is 46.3 Å². The molecule has 1 N–H and O–H groups in total. The molecule has 1 aromatic rings. The molecule has 0 aliphatic carbocycles. The van der Waals surface area contributed by atoms with Crippen molar-refractivity contribution in [1.29, 1.82) is 0 Å². The molecule has 6 heteroatoms. The third-order valence-electron chi connectivity index (χ3n) is 4.71. The van der Waals surface area contributed by atoms with Crippen LogP contribution in [0.2, 0.25) is 5.15 Å². The summed E-state index contributed by atoms with van der Waals surface area (Å²) in [4.78, 5) is 14.7. The van der Waals surface area contributed by atoms with Crippen LogP contribution in [0.3, 0.4) is 0 Å². The summed E-state index contributed by atoms with van der Waals surface area (Å²) in [6, 6.07) is 0.272. The molecule has 0 aromatic carbocycles. The number of nitrogens with zero attached hydrogens (tertiary/aromatic N) is 3. The largest absolute Gasteiger partial charge is 0.350 e. The molecule has 25 heavy (non-hydrogen) atoms. The van der Waals surface area contributed by atoms with Gasteiger partial charge in [0.25, 0.3) is 0 Å². The Labute approximate surface area is 156 Å². The Balaban J connectivity index is 1.87. The molecule has 1 fully saturated rings. The van der Waals surface area contributed by atoms with Crippen LogP contribution in [0, 0.1) is 6.92 Å². The van der Waals surface area contributed by atoms with E-state index in [2.05, 4.69) is 29.2 Å². The van der Waals surface area contributed by atoms with Crippen molar-refractivity contribution in [2.75, 3.05) is 19.6 Å². The minimum absolute atomic E-state index is 0.0503. The molecule has 2 heterocycles. The summed E-state index contributed by atoms with van der Waals surface area (Å²) >= 11 is 6.40. The zero-order chi connectivity index (χ0) is 18.2. The highest BCUT2D eigenvalue weighted by Gasteiger charge is 2.19. The van der Waals surface area contributed by atoms with Gasteiger partial charge < -0.3 is 10.2 Å². The van der Waals surface area contributed by atoms with Gasteiger partial charge in [0.15, 0.2) is 0 Å². The minimum atomic E-state index is -0.0503. The number of halogens is 1. The van der Waals surface area contributed by atoms with E-state index in [1.54, 1.807) is 12.2 Å². The second kappa shape index (κ2) is 9.97. The molecule has 1 aliphatic rings. The van der Waals surface area contributed by atoms with E-state index < -0.39 is 0 Å². The van der Waals surface area contributed by atoms with Gasteiger partial charge in [-0.3, -0.25) is 9.48 Å². The van der Waals surface area contributed by atoms with E-state index >= 15 is 0 Å². The maximum absolute atomic E-state index is 12.2. The summed E-state index contributed by atoms with van der Waals surface area (Å²) in [5, 5.41) is 8.19. The van der Waals surface area contributed by atoms with Crippen LogP contribution < -0.4 is 5.32 Å². The second-order valence-corrected chi connectivity index (χ2v) is 7.18. The molecule has 0 spiro atoms. The fourth-order valence-corrected chi connectivity index (χ4v) is 3.56. The van der Waals surface area contributed by atoms with E-state index in [1.165, 1.54) is 6.42 Å². The molecule has 0 atom stereocenters. The number of unbranched alkanes of at least 4 members (excludes halogenated alkanes) is 1. The molecule has 1 aromatic heterocycles. The van der Waals surface area contributed by atoms with Gasteiger partial charge in [-0.25, -0.2) is 0 Å². The minimum Gasteiger partial charge on any atom is -0.350 e. The van der Waals surface area contributed by atoms with Crippen LogP contribution in [0.5, 0.6) is 0 Å². The highest BCUT2D eigenvalue weighted by atomic mass is 35.5. The summed E-state index contributed by atoms with van der Waals surface area (Å²) in [7, 11) is 0. The van der Waals surface area contributed by atoms with E-state index in [9.17, 15) is 4.79 Å². The molecular formula is C19H31ClN4O. The first-order chi connectivity index (χ1) is 12.0. The number of likely N-dealkylation sites (tertiary alicyclic amines) is 1. The third-order valence-corrected chi connectivity index (χ3v) is 5.11. The predicted octanol–water partition coefficient (Wildman–Crippen LogP) is 3.65.